The van der Waals surface area contributed by atoms with Gasteiger partial charge >= 0.3 is 0 Å². The van der Waals surface area contributed by atoms with E-state index in [1.54, 1.807) is 6.07 Å². The Morgan fingerprint density at radius 3 is 2.26 bits per heavy atom. The Morgan fingerprint density at radius 1 is 1.06 bits per heavy atom. The molecule has 1 atom stereocenters. The van der Waals surface area contributed by atoms with Gasteiger partial charge in [0.1, 0.15) is 12.6 Å². The smallest absolute Gasteiger partial charge is 0.244 e. The molecule has 0 unspecified atom stereocenters. The summed E-state index contributed by atoms with van der Waals surface area (Å²) in [6.45, 7) is 7.02. The molecule has 0 radical (unpaired) electrons. The minimum Gasteiger partial charge on any atom is -0.352 e. The average Bonchev–Trinajstić information content (AvgIpc) is 2.74. The number of aryl methyl sites for hydroxylation is 1. The maximum atomic E-state index is 13.6. The minimum absolute atomic E-state index is 0.0254. The van der Waals surface area contributed by atoms with Gasteiger partial charge < -0.3 is 10.2 Å². The van der Waals surface area contributed by atoms with E-state index in [1.165, 1.54) is 17.0 Å². The molecule has 0 bridgehead atoms. The highest BCUT2D eigenvalue weighted by molar-refractivity contribution is 7.92. The van der Waals surface area contributed by atoms with Crippen LogP contribution in [0.4, 0.5) is 5.69 Å². The first-order valence-electron chi connectivity index (χ1n) is 10.9. The molecule has 0 aliphatic heterocycles. The van der Waals surface area contributed by atoms with Gasteiger partial charge in [-0.1, -0.05) is 60.5 Å². The summed E-state index contributed by atoms with van der Waals surface area (Å²) in [6, 6.07) is 11.2. The zero-order valence-electron chi connectivity index (χ0n) is 20.0. The number of hydrogen-bond donors (Lipinski definition) is 1. The van der Waals surface area contributed by atoms with E-state index < -0.39 is 28.5 Å². The second-order valence-electron chi connectivity index (χ2n) is 8.38. The largest absolute Gasteiger partial charge is 0.352 e. The summed E-state index contributed by atoms with van der Waals surface area (Å²) >= 11 is 12.4. The molecule has 7 nitrogen and oxygen atoms in total. The van der Waals surface area contributed by atoms with Gasteiger partial charge in [-0.05, 0) is 50.5 Å². The number of nitrogens with one attached hydrogen (secondary N) is 1. The van der Waals surface area contributed by atoms with E-state index in [-0.39, 0.29) is 34.2 Å². The van der Waals surface area contributed by atoms with Crippen LogP contribution in [0.1, 0.15) is 38.3 Å². The molecule has 2 aromatic carbocycles. The highest BCUT2D eigenvalue weighted by Gasteiger charge is 2.32. The lowest BCUT2D eigenvalue weighted by Crippen LogP contribution is -2.53. The van der Waals surface area contributed by atoms with E-state index in [4.69, 9.17) is 23.2 Å². The highest BCUT2D eigenvalue weighted by atomic mass is 35.5. The quantitative estimate of drug-likeness (QED) is 0.495. The van der Waals surface area contributed by atoms with Crippen LogP contribution in [0.3, 0.4) is 0 Å². The topological polar surface area (TPSA) is 86.8 Å². The summed E-state index contributed by atoms with van der Waals surface area (Å²) in [5.74, 6) is -0.832. The Balaban J connectivity index is 2.50. The van der Waals surface area contributed by atoms with Gasteiger partial charge in [-0.2, -0.15) is 0 Å². The fourth-order valence-corrected chi connectivity index (χ4v) is 4.85. The summed E-state index contributed by atoms with van der Waals surface area (Å²) in [6.07, 6.45) is 1.35. The third kappa shape index (κ3) is 7.10. The number of rotatable bonds is 10. The van der Waals surface area contributed by atoms with Crippen molar-refractivity contribution >= 4 is 50.7 Å². The standard InChI is InChI=1S/C24H31Cl2N3O4S/c1-6-20(24(31)27-16(2)3)28(14-18-11-8-7-10-17(18)4)22(30)15-29(34(5,32)33)21-13-9-12-19(25)23(21)26/h7-13,16,20H,6,14-15H2,1-5H3,(H,27,31)/t20-/m0/s1. The SMILES string of the molecule is CC[C@@H](C(=O)NC(C)C)N(Cc1ccccc1C)C(=O)CN(c1cccc(Cl)c1Cl)S(C)(=O)=O. The first-order valence-corrected chi connectivity index (χ1v) is 13.5. The molecule has 0 aliphatic carbocycles. The number of nitrogens with zero attached hydrogens (tertiary/aromatic N) is 2. The lowest BCUT2D eigenvalue weighted by Gasteiger charge is -2.33. The molecular weight excluding hydrogens is 497 g/mol. The van der Waals surface area contributed by atoms with Crippen molar-refractivity contribution in [2.45, 2.75) is 52.7 Å². The van der Waals surface area contributed by atoms with E-state index in [0.29, 0.717) is 6.42 Å². The number of hydrogen-bond acceptors (Lipinski definition) is 4. The van der Waals surface area contributed by atoms with Gasteiger partial charge in [0.25, 0.3) is 0 Å². The van der Waals surface area contributed by atoms with Crippen molar-refractivity contribution in [3.63, 3.8) is 0 Å². The molecule has 0 saturated heterocycles. The first kappa shape index (κ1) is 28.0. The van der Waals surface area contributed by atoms with Crippen LogP contribution in [0.15, 0.2) is 42.5 Å². The number of anilines is 1. The summed E-state index contributed by atoms with van der Waals surface area (Å²) in [5, 5.41) is 3.05. The fourth-order valence-electron chi connectivity index (χ4n) is 3.55. The fraction of sp³-hybridized carbons (Fsp3) is 0.417. The zero-order chi connectivity index (χ0) is 25.6. The predicted octanol–water partition coefficient (Wildman–Crippen LogP) is 4.40. The second kappa shape index (κ2) is 11.9. The number of benzene rings is 2. The van der Waals surface area contributed by atoms with Crippen molar-refractivity contribution < 1.29 is 18.0 Å². The molecule has 0 saturated carbocycles. The Bertz CT molecular complexity index is 1140. The maximum Gasteiger partial charge on any atom is 0.244 e. The van der Waals surface area contributed by atoms with Crippen LogP contribution in [-0.2, 0) is 26.2 Å². The maximum absolute atomic E-state index is 13.6. The van der Waals surface area contributed by atoms with Crippen molar-refractivity contribution in [2.75, 3.05) is 17.1 Å². The van der Waals surface area contributed by atoms with Crippen molar-refractivity contribution in [3.05, 3.63) is 63.6 Å². The number of carbonyl (C=O) groups is 2. The summed E-state index contributed by atoms with van der Waals surface area (Å²) in [5.41, 5.74) is 1.91. The normalized spacial score (nSPS) is 12.4. The Morgan fingerprint density at radius 2 is 1.71 bits per heavy atom. The molecule has 2 amide bonds. The lowest BCUT2D eigenvalue weighted by atomic mass is 10.1. The van der Waals surface area contributed by atoms with Gasteiger partial charge in [0.05, 0.1) is 22.0 Å². The van der Waals surface area contributed by atoms with Crippen molar-refractivity contribution in [2.24, 2.45) is 0 Å². The Hall–Kier alpha value is -2.29. The number of halogens is 2. The molecule has 2 rings (SSSR count). The number of carbonyl (C=O) groups excluding carboxylic acids is 2. The van der Waals surface area contributed by atoms with Crippen LogP contribution >= 0.6 is 23.2 Å². The van der Waals surface area contributed by atoms with Gasteiger partial charge in [-0.15, -0.1) is 0 Å². The minimum atomic E-state index is -3.90. The van der Waals surface area contributed by atoms with Crippen molar-refractivity contribution in [1.29, 1.82) is 0 Å². The molecule has 34 heavy (non-hydrogen) atoms. The second-order valence-corrected chi connectivity index (χ2v) is 11.1. The van der Waals surface area contributed by atoms with Gasteiger partial charge in [0, 0.05) is 12.6 Å². The van der Waals surface area contributed by atoms with Gasteiger partial charge in [0.15, 0.2) is 0 Å². The van der Waals surface area contributed by atoms with Crippen LogP contribution in [0.2, 0.25) is 10.0 Å². The summed E-state index contributed by atoms with van der Waals surface area (Å²) in [4.78, 5) is 28.0. The monoisotopic (exact) mass is 527 g/mol. The van der Waals surface area contributed by atoms with E-state index in [9.17, 15) is 18.0 Å². The number of sulfonamides is 1. The van der Waals surface area contributed by atoms with Crippen LogP contribution < -0.4 is 9.62 Å². The van der Waals surface area contributed by atoms with Crippen molar-refractivity contribution in [1.82, 2.24) is 10.2 Å². The number of amides is 2. The third-order valence-corrected chi connectivity index (χ3v) is 7.23. The lowest BCUT2D eigenvalue weighted by molar-refractivity contribution is -0.140. The van der Waals surface area contributed by atoms with Gasteiger partial charge in [-0.25, -0.2) is 8.42 Å². The molecule has 0 heterocycles. The summed E-state index contributed by atoms with van der Waals surface area (Å²) < 4.78 is 26.2. The first-order chi connectivity index (χ1) is 15.9. The van der Waals surface area contributed by atoms with Crippen LogP contribution in [0.5, 0.6) is 0 Å². The molecule has 0 aliphatic rings. The Labute approximate surface area is 212 Å². The molecule has 0 spiro atoms. The molecule has 0 aromatic heterocycles. The van der Waals surface area contributed by atoms with Gasteiger partial charge in [0.2, 0.25) is 21.8 Å². The van der Waals surface area contributed by atoms with E-state index in [1.807, 2.05) is 52.0 Å². The van der Waals surface area contributed by atoms with Crippen LogP contribution in [-0.4, -0.2) is 50.0 Å². The van der Waals surface area contributed by atoms with Crippen LogP contribution in [0, 0.1) is 6.92 Å². The van der Waals surface area contributed by atoms with Crippen molar-refractivity contribution in [3.8, 4) is 0 Å². The van der Waals surface area contributed by atoms with E-state index >= 15 is 0 Å². The van der Waals surface area contributed by atoms with E-state index in [0.717, 1.165) is 21.7 Å². The molecular formula is C24H31Cl2N3O4S. The summed E-state index contributed by atoms with van der Waals surface area (Å²) in [7, 11) is -3.90. The predicted molar refractivity (Wildman–Crippen MR) is 138 cm³/mol. The molecule has 10 heteroatoms. The molecule has 2 aromatic rings. The average molecular weight is 529 g/mol. The molecule has 1 N–H and O–H groups in total. The van der Waals surface area contributed by atoms with Crippen LogP contribution in [0.25, 0.3) is 0 Å². The zero-order valence-corrected chi connectivity index (χ0v) is 22.3. The third-order valence-electron chi connectivity index (χ3n) is 5.30. The highest BCUT2D eigenvalue weighted by Crippen LogP contribution is 2.33. The van der Waals surface area contributed by atoms with E-state index in [2.05, 4.69) is 5.32 Å². The van der Waals surface area contributed by atoms with Gasteiger partial charge in [-0.3, -0.25) is 13.9 Å². The Kier molecular flexibility index (Phi) is 9.79. The molecule has 186 valence electrons. The molecule has 0 fully saturated rings.